The van der Waals surface area contributed by atoms with Gasteiger partial charge in [0.2, 0.25) is 0 Å². The Kier molecular flexibility index (Phi) is 22.4. The average Bonchev–Trinajstić information content (AvgIpc) is 2.32. The molecule has 0 bridgehead atoms. The summed E-state index contributed by atoms with van der Waals surface area (Å²) in [4.78, 5) is 0. The first-order valence-corrected chi connectivity index (χ1v) is 12.9. The van der Waals surface area contributed by atoms with Crippen molar-refractivity contribution in [1.29, 1.82) is 0 Å². The van der Waals surface area contributed by atoms with E-state index >= 15 is 0 Å². The van der Waals surface area contributed by atoms with Crippen LogP contribution >= 0.6 is 15.8 Å². The van der Waals surface area contributed by atoms with Gasteiger partial charge in [-0.25, -0.2) is 0 Å². The SMILES string of the molecule is CC(C)[PH+](CC[PH+](C(C)C)C(C)C)C(C)C.[Ni+2].[S-]CC[S-]. The van der Waals surface area contributed by atoms with Gasteiger partial charge in [0.15, 0.2) is 0 Å². The Hall–Kier alpha value is 2.05. The van der Waals surface area contributed by atoms with Crippen molar-refractivity contribution in [3.63, 3.8) is 0 Å². The number of hydrogen-bond donors (Lipinski definition) is 0. The van der Waals surface area contributed by atoms with Crippen molar-refractivity contribution in [2.75, 3.05) is 23.8 Å². The molecule has 0 saturated carbocycles. The van der Waals surface area contributed by atoms with Gasteiger partial charge in [0.25, 0.3) is 0 Å². The van der Waals surface area contributed by atoms with Crippen molar-refractivity contribution < 1.29 is 16.5 Å². The first-order valence-electron chi connectivity index (χ1n) is 8.06. The molecule has 132 valence electrons. The molecule has 0 radical (unpaired) electrons. The van der Waals surface area contributed by atoms with E-state index in [1.807, 2.05) is 0 Å². The summed E-state index contributed by atoms with van der Waals surface area (Å²) in [5.74, 6) is 1.44. The minimum Gasteiger partial charge on any atom is -0.794 e. The van der Waals surface area contributed by atoms with E-state index in [4.69, 9.17) is 0 Å². The van der Waals surface area contributed by atoms with E-state index in [1.54, 1.807) is 12.3 Å². The Morgan fingerprint density at radius 3 is 0.857 bits per heavy atom. The molecule has 0 aromatic rings. The maximum atomic E-state index is 4.45. The molecule has 0 spiro atoms. The Morgan fingerprint density at radius 2 is 0.762 bits per heavy atom. The first kappa shape index (κ1) is 27.9. The van der Waals surface area contributed by atoms with Crippen LogP contribution in [0, 0.1) is 0 Å². The summed E-state index contributed by atoms with van der Waals surface area (Å²) in [7, 11) is -0.229. The molecule has 0 aliphatic heterocycles. The molecule has 0 N–H and O–H groups in total. The van der Waals surface area contributed by atoms with Crippen LogP contribution in [0.4, 0.5) is 0 Å². The Labute approximate surface area is 159 Å². The third-order valence-corrected chi connectivity index (χ3v) is 12.5. The van der Waals surface area contributed by atoms with Crippen molar-refractivity contribution in [3.8, 4) is 0 Å². The van der Waals surface area contributed by atoms with Crippen molar-refractivity contribution in [3.05, 3.63) is 0 Å². The van der Waals surface area contributed by atoms with Gasteiger partial charge in [-0.05, 0) is 55.4 Å². The second-order valence-corrected chi connectivity index (χ2v) is 15.4. The van der Waals surface area contributed by atoms with E-state index in [1.165, 1.54) is 0 Å². The van der Waals surface area contributed by atoms with Crippen LogP contribution in [0.2, 0.25) is 0 Å². The van der Waals surface area contributed by atoms with Crippen LogP contribution in [0.15, 0.2) is 0 Å². The molecule has 0 heterocycles. The second kappa shape index (κ2) is 16.9. The van der Waals surface area contributed by atoms with E-state index in [0.29, 0.717) is 0 Å². The van der Waals surface area contributed by atoms with Crippen molar-refractivity contribution in [2.45, 2.75) is 78.0 Å². The van der Waals surface area contributed by atoms with Gasteiger partial charge in [-0.15, -0.1) is 0 Å². The second-order valence-electron chi connectivity index (χ2n) is 6.68. The Balaban J connectivity index is -0.000000572. The summed E-state index contributed by atoms with van der Waals surface area (Å²) in [6.07, 6.45) is 3.12. The Bertz CT molecular complexity index is 174. The predicted molar refractivity (Wildman–Crippen MR) is 111 cm³/mol. The summed E-state index contributed by atoms with van der Waals surface area (Å²) in [6, 6.07) is 0. The zero-order valence-electron chi connectivity index (χ0n) is 15.3. The largest absolute Gasteiger partial charge is 2.00 e. The van der Waals surface area contributed by atoms with Crippen LogP contribution in [0.25, 0.3) is 0 Å². The molecule has 0 fully saturated rings. The third kappa shape index (κ3) is 15.3. The van der Waals surface area contributed by atoms with Gasteiger partial charge in [0.05, 0.1) is 35.0 Å². The van der Waals surface area contributed by atoms with E-state index in [0.717, 1.165) is 34.1 Å². The number of hydrogen-bond acceptors (Lipinski definition) is 2. The summed E-state index contributed by atoms with van der Waals surface area (Å²) in [5, 5.41) is 0. The maximum absolute atomic E-state index is 4.45. The minimum absolute atomic E-state index is 0. The quantitative estimate of drug-likeness (QED) is 0.307. The van der Waals surface area contributed by atoms with Gasteiger partial charge in [-0.3, -0.25) is 0 Å². The molecule has 0 atom stereocenters. The standard InChI is InChI=1S/C14H32P2.C2H6S2.Ni/c1-11(2)15(12(3)4)9-10-16(13(5)6)14(7)8;3-1-2-4;/h11-14H,9-10H2,1-8H3;3-4H,1-2H2;/q;;+2. The fourth-order valence-corrected chi connectivity index (χ4v) is 10.1. The molecular weight excluding hydrogens is 377 g/mol. The van der Waals surface area contributed by atoms with E-state index in [9.17, 15) is 0 Å². The predicted octanol–water partition coefficient (Wildman–Crippen LogP) is 5.13. The van der Waals surface area contributed by atoms with Crippen LogP contribution in [0.1, 0.15) is 55.4 Å². The van der Waals surface area contributed by atoms with Crippen molar-refractivity contribution in [2.24, 2.45) is 0 Å². The molecule has 0 saturated heterocycles. The summed E-state index contributed by atoms with van der Waals surface area (Å²) < 4.78 is 0. The van der Waals surface area contributed by atoms with E-state index in [-0.39, 0.29) is 32.3 Å². The summed E-state index contributed by atoms with van der Waals surface area (Å²) >= 11 is 8.90. The van der Waals surface area contributed by atoms with Crippen LogP contribution in [-0.2, 0) is 41.7 Å². The minimum atomic E-state index is -0.114. The maximum Gasteiger partial charge on any atom is 2.00 e. The average molecular weight is 415 g/mol. The van der Waals surface area contributed by atoms with Crippen LogP contribution < -0.4 is 0 Å². The fraction of sp³-hybridized carbons (Fsp3) is 1.00. The summed E-state index contributed by atoms with van der Waals surface area (Å²) in [5.41, 5.74) is 3.81. The molecule has 5 heteroatoms. The normalized spacial score (nSPS) is 11.4. The zero-order chi connectivity index (χ0) is 16.3. The van der Waals surface area contributed by atoms with E-state index in [2.05, 4.69) is 80.6 Å². The van der Waals surface area contributed by atoms with Crippen LogP contribution in [-0.4, -0.2) is 46.5 Å². The van der Waals surface area contributed by atoms with Gasteiger partial charge >= 0.3 is 16.5 Å². The number of rotatable bonds is 8. The van der Waals surface area contributed by atoms with Gasteiger partial charge in [-0.2, -0.15) is 11.5 Å². The van der Waals surface area contributed by atoms with Gasteiger partial charge < -0.3 is 25.3 Å². The molecule has 0 rings (SSSR count). The molecule has 0 amide bonds. The fourth-order valence-electron chi connectivity index (χ4n) is 2.78. The topological polar surface area (TPSA) is 0 Å². The van der Waals surface area contributed by atoms with Crippen molar-refractivity contribution in [1.82, 2.24) is 0 Å². The Morgan fingerprint density at radius 1 is 0.571 bits per heavy atom. The van der Waals surface area contributed by atoms with Gasteiger partial charge in [0.1, 0.15) is 0 Å². The molecule has 0 aliphatic carbocycles. The van der Waals surface area contributed by atoms with Crippen LogP contribution in [0.5, 0.6) is 0 Å². The molecular formula is C16H38NiP2S2+2. The van der Waals surface area contributed by atoms with Gasteiger partial charge in [0, 0.05) is 15.8 Å². The molecule has 21 heavy (non-hydrogen) atoms. The third-order valence-electron chi connectivity index (χ3n) is 3.75. The van der Waals surface area contributed by atoms with Crippen molar-refractivity contribution >= 4 is 41.1 Å². The summed E-state index contributed by atoms with van der Waals surface area (Å²) in [6.45, 7) is 19.5. The van der Waals surface area contributed by atoms with Gasteiger partial charge in [-0.1, -0.05) is 0 Å². The van der Waals surface area contributed by atoms with Crippen LogP contribution in [0.3, 0.4) is 0 Å². The molecule has 0 aromatic heterocycles. The molecule has 0 aliphatic rings. The molecule has 0 unspecified atom stereocenters. The molecule has 0 aromatic carbocycles. The monoisotopic (exact) mass is 414 g/mol. The zero-order valence-corrected chi connectivity index (χ0v) is 19.9. The molecule has 0 nitrogen and oxygen atoms in total. The van der Waals surface area contributed by atoms with E-state index < -0.39 is 0 Å². The first-order chi connectivity index (χ1) is 9.18. The smallest absolute Gasteiger partial charge is 0.794 e.